The van der Waals surface area contributed by atoms with Gasteiger partial charge in [-0.15, -0.1) is 0 Å². The third kappa shape index (κ3) is 6.46. The second-order valence-electron chi connectivity index (χ2n) is 7.80. The van der Waals surface area contributed by atoms with Crippen LogP contribution in [0.2, 0.25) is 0 Å². The lowest BCUT2D eigenvalue weighted by molar-refractivity contribution is -0.192. The zero-order chi connectivity index (χ0) is 25.8. The molecular formula is C24H22F3N3O5. The fourth-order valence-electron chi connectivity index (χ4n) is 3.33. The third-order valence-corrected chi connectivity index (χ3v) is 5.23. The van der Waals surface area contributed by atoms with Gasteiger partial charge in [0, 0.05) is 36.7 Å². The summed E-state index contributed by atoms with van der Waals surface area (Å²) < 4.78 is 37.6. The van der Waals surface area contributed by atoms with Crippen LogP contribution < -0.4 is 5.32 Å². The van der Waals surface area contributed by atoms with Gasteiger partial charge in [-0.2, -0.15) is 13.2 Å². The average Bonchev–Trinajstić information content (AvgIpc) is 3.12. The Kier molecular flexibility index (Phi) is 7.58. The van der Waals surface area contributed by atoms with Gasteiger partial charge >= 0.3 is 12.1 Å². The van der Waals surface area contributed by atoms with E-state index in [2.05, 4.69) is 10.3 Å². The number of para-hydroxylation sites is 1. The number of nitrogens with one attached hydrogen (secondary N) is 1. The second kappa shape index (κ2) is 10.4. The van der Waals surface area contributed by atoms with Crippen LogP contribution in [0.4, 0.5) is 19.0 Å². The van der Waals surface area contributed by atoms with E-state index in [4.69, 9.17) is 14.3 Å². The maximum Gasteiger partial charge on any atom is 0.490 e. The number of aromatic nitrogens is 1. The van der Waals surface area contributed by atoms with E-state index in [0.717, 1.165) is 33.4 Å². The molecule has 0 saturated carbocycles. The summed E-state index contributed by atoms with van der Waals surface area (Å²) in [5.74, 6) is -1.49. The number of carboxylic acids is 1. The Balaban J connectivity index is 0.000000429. The first-order valence-electron chi connectivity index (χ1n) is 10.4. The van der Waals surface area contributed by atoms with Crippen molar-refractivity contribution in [3.63, 3.8) is 0 Å². The molecule has 0 aliphatic carbocycles. The molecule has 0 unspecified atom stereocenters. The van der Waals surface area contributed by atoms with E-state index in [9.17, 15) is 22.8 Å². The minimum absolute atomic E-state index is 0.0130. The predicted molar refractivity (Wildman–Crippen MR) is 121 cm³/mol. The summed E-state index contributed by atoms with van der Waals surface area (Å²) in [4.78, 5) is 38.7. The highest BCUT2D eigenvalue weighted by Crippen LogP contribution is 2.26. The lowest BCUT2D eigenvalue weighted by Crippen LogP contribution is -2.24. The van der Waals surface area contributed by atoms with Crippen LogP contribution >= 0.6 is 0 Å². The minimum Gasteiger partial charge on any atom is -0.475 e. The summed E-state index contributed by atoms with van der Waals surface area (Å²) in [5.41, 5.74) is 3.70. The van der Waals surface area contributed by atoms with Gasteiger partial charge in [-0.25, -0.2) is 9.78 Å². The smallest absolute Gasteiger partial charge is 0.475 e. The molecular weight excluding hydrogens is 467 g/mol. The Morgan fingerprint density at radius 3 is 2.60 bits per heavy atom. The van der Waals surface area contributed by atoms with Crippen molar-refractivity contribution in [2.75, 3.05) is 12.4 Å². The number of amides is 2. The first-order valence-corrected chi connectivity index (χ1v) is 10.4. The molecule has 1 aliphatic rings. The zero-order valence-corrected chi connectivity index (χ0v) is 18.8. The molecule has 0 saturated heterocycles. The molecule has 8 nitrogen and oxygen atoms in total. The van der Waals surface area contributed by atoms with Crippen molar-refractivity contribution in [2.24, 2.45) is 0 Å². The Morgan fingerprint density at radius 2 is 1.94 bits per heavy atom. The summed E-state index contributed by atoms with van der Waals surface area (Å²) >= 11 is 0. The van der Waals surface area contributed by atoms with Crippen LogP contribution in [0.15, 0.2) is 47.0 Å². The summed E-state index contributed by atoms with van der Waals surface area (Å²) in [5, 5.41) is 10.9. The summed E-state index contributed by atoms with van der Waals surface area (Å²) in [6.45, 7) is 2.41. The number of carbonyl (C=O) groups excluding carboxylic acids is 2. The molecule has 3 aromatic rings. The fourth-order valence-corrected chi connectivity index (χ4v) is 3.33. The monoisotopic (exact) mass is 489 g/mol. The maximum absolute atomic E-state index is 12.5. The lowest BCUT2D eigenvalue weighted by atomic mass is 10.0. The minimum atomic E-state index is -5.08. The Morgan fingerprint density at radius 1 is 1.26 bits per heavy atom. The average molecular weight is 489 g/mol. The molecule has 1 aromatic carbocycles. The van der Waals surface area contributed by atoms with Gasteiger partial charge in [-0.3, -0.25) is 9.59 Å². The number of benzene rings is 1. The Labute approximate surface area is 198 Å². The van der Waals surface area contributed by atoms with Crippen LogP contribution in [0.5, 0.6) is 0 Å². The highest BCUT2D eigenvalue weighted by atomic mass is 19.4. The van der Waals surface area contributed by atoms with E-state index < -0.39 is 12.1 Å². The number of likely N-dealkylation sites (N-methyl/N-ethyl adjacent to an activating group) is 1. The van der Waals surface area contributed by atoms with Crippen LogP contribution in [-0.2, 0) is 27.3 Å². The van der Waals surface area contributed by atoms with Crippen molar-refractivity contribution in [3.8, 4) is 0 Å². The molecule has 2 aromatic heterocycles. The van der Waals surface area contributed by atoms with Gasteiger partial charge in [0.15, 0.2) is 0 Å². The number of halogens is 3. The number of anilines is 1. The van der Waals surface area contributed by atoms with E-state index in [1.165, 1.54) is 6.08 Å². The summed E-state index contributed by atoms with van der Waals surface area (Å²) in [6, 6.07) is 9.81. The Bertz CT molecular complexity index is 1300. The van der Waals surface area contributed by atoms with Crippen LogP contribution in [0.25, 0.3) is 17.0 Å². The van der Waals surface area contributed by atoms with E-state index in [0.29, 0.717) is 25.2 Å². The van der Waals surface area contributed by atoms with Crippen molar-refractivity contribution in [1.82, 2.24) is 9.88 Å². The molecule has 1 aliphatic heterocycles. The topological polar surface area (TPSA) is 113 Å². The molecule has 3 heterocycles. The van der Waals surface area contributed by atoms with Crippen LogP contribution in [-0.4, -0.2) is 46.0 Å². The molecule has 2 amide bonds. The SMILES string of the molecule is Cc1c(CN(C)C(=O)/C=C/c2cnc3c(c2)CCC(=O)N3)oc2ccccc12.O=C(O)C(F)(F)F. The number of furan rings is 1. The van der Waals surface area contributed by atoms with Crippen LogP contribution in [0.3, 0.4) is 0 Å². The molecule has 4 rings (SSSR count). The number of alkyl halides is 3. The second-order valence-corrected chi connectivity index (χ2v) is 7.80. The number of fused-ring (bicyclic) bond motifs is 2. The first-order chi connectivity index (χ1) is 16.5. The molecule has 0 atom stereocenters. The van der Waals surface area contributed by atoms with Gasteiger partial charge in [0.2, 0.25) is 11.8 Å². The number of pyridine rings is 1. The van der Waals surface area contributed by atoms with Gasteiger partial charge in [0.05, 0.1) is 6.54 Å². The van der Waals surface area contributed by atoms with Gasteiger partial charge < -0.3 is 19.7 Å². The first kappa shape index (κ1) is 25.5. The Hall–Kier alpha value is -4.15. The van der Waals surface area contributed by atoms with E-state index in [1.807, 2.05) is 37.3 Å². The van der Waals surface area contributed by atoms with Crippen molar-refractivity contribution in [3.05, 3.63) is 65.1 Å². The third-order valence-electron chi connectivity index (χ3n) is 5.23. The number of hydrogen-bond acceptors (Lipinski definition) is 5. The summed E-state index contributed by atoms with van der Waals surface area (Å²) in [6.07, 6.45) is 0.962. The molecule has 0 spiro atoms. The van der Waals surface area contributed by atoms with Crippen LogP contribution in [0, 0.1) is 6.92 Å². The van der Waals surface area contributed by atoms with Crippen molar-refractivity contribution < 1.29 is 37.1 Å². The number of carboxylic acid groups (broad SMARTS) is 1. The number of aryl methyl sites for hydroxylation is 2. The maximum atomic E-state index is 12.5. The highest BCUT2D eigenvalue weighted by Gasteiger charge is 2.38. The molecule has 11 heteroatoms. The lowest BCUT2D eigenvalue weighted by Gasteiger charge is -2.16. The van der Waals surface area contributed by atoms with E-state index in [1.54, 1.807) is 24.2 Å². The molecule has 0 fully saturated rings. The van der Waals surface area contributed by atoms with E-state index >= 15 is 0 Å². The van der Waals surface area contributed by atoms with Gasteiger partial charge in [0.25, 0.3) is 0 Å². The van der Waals surface area contributed by atoms with Crippen molar-refractivity contribution in [1.29, 1.82) is 0 Å². The van der Waals surface area contributed by atoms with Gasteiger partial charge in [0.1, 0.15) is 17.2 Å². The van der Waals surface area contributed by atoms with Crippen molar-refractivity contribution in [2.45, 2.75) is 32.5 Å². The standard InChI is InChI=1S/C22H21N3O3.C2HF3O2/c1-14-17-5-3-4-6-18(17)28-19(14)13-25(2)21(27)10-7-15-11-16-8-9-20(26)24-22(16)23-12-15;3-2(4,5)1(6)7/h3-7,10-12H,8-9,13H2,1-2H3,(H,23,24,26);(H,6,7)/b10-7+;. The fraction of sp³-hybridized carbons (Fsp3) is 0.250. The number of carbonyl (C=O) groups is 3. The quantitative estimate of drug-likeness (QED) is 0.528. The largest absolute Gasteiger partial charge is 0.490 e. The van der Waals surface area contributed by atoms with Crippen LogP contribution in [0.1, 0.15) is 28.9 Å². The molecule has 35 heavy (non-hydrogen) atoms. The number of rotatable bonds is 4. The highest BCUT2D eigenvalue weighted by molar-refractivity contribution is 5.94. The number of aliphatic carboxylic acids is 1. The predicted octanol–water partition coefficient (Wildman–Crippen LogP) is 4.33. The number of nitrogens with zero attached hydrogens (tertiary/aromatic N) is 2. The summed E-state index contributed by atoms with van der Waals surface area (Å²) in [7, 11) is 1.75. The van der Waals surface area contributed by atoms with Crippen molar-refractivity contribution >= 4 is 40.6 Å². The van der Waals surface area contributed by atoms with E-state index in [-0.39, 0.29) is 11.8 Å². The molecule has 184 valence electrons. The zero-order valence-electron chi connectivity index (χ0n) is 18.8. The molecule has 0 radical (unpaired) electrons. The number of hydrogen-bond donors (Lipinski definition) is 2. The normalized spacial score (nSPS) is 13.1. The van der Waals surface area contributed by atoms with Gasteiger partial charge in [-0.1, -0.05) is 18.2 Å². The molecule has 2 N–H and O–H groups in total. The van der Waals surface area contributed by atoms with Gasteiger partial charge in [-0.05, 0) is 42.7 Å². The molecule has 0 bridgehead atoms.